The van der Waals surface area contributed by atoms with E-state index in [1.165, 1.54) is 42.7 Å². The third kappa shape index (κ3) is 6.18. The molecule has 0 aliphatic carbocycles. The van der Waals surface area contributed by atoms with Crippen LogP contribution >= 0.6 is 0 Å². The fourth-order valence-corrected chi connectivity index (χ4v) is 5.99. The van der Waals surface area contributed by atoms with Crippen LogP contribution in [0.4, 0.5) is 5.95 Å². The first-order chi connectivity index (χ1) is 21.1. The van der Waals surface area contributed by atoms with Crippen molar-refractivity contribution in [2.24, 2.45) is 5.73 Å². The maximum Gasteiger partial charge on any atom is 0.274 e. The summed E-state index contributed by atoms with van der Waals surface area (Å²) < 4.78 is 45.1. The first-order valence-corrected chi connectivity index (χ1v) is 15.4. The van der Waals surface area contributed by atoms with Gasteiger partial charge in [-0.05, 0) is 65.9 Å². The van der Waals surface area contributed by atoms with Crippen LogP contribution in [0.15, 0.2) is 78.0 Å². The predicted octanol–water partition coefficient (Wildman–Crippen LogP) is 4.32. The number of carbonyl (C=O) groups excluding carboxylic acids is 2. The van der Waals surface area contributed by atoms with Crippen LogP contribution in [0.5, 0.6) is 17.2 Å². The van der Waals surface area contributed by atoms with Gasteiger partial charge in [0.15, 0.2) is 11.5 Å². The van der Waals surface area contributed by atoms with Gasteiger partial charge in [0.1, 0.15) is 5.75 Å². The number of benzene rings is 3. The van der Waals surface area contributed by atoms with Gasteiger partial charge in [0.2, 0.25) is 12.9 Å². The standard InChI is InChI=1S/C31H31N5O7S/c1-4-5-21-16-23(9-12-25(21)43-28(29(32)37)22-8-13-26-27(17-22)42-18-41-26)30(38)36(31-33-14-15-34-35-31)44(39,40)24-10-6-20(7-11-24)19(2)3/h6-17,19,28H,4-5,18H2,1-3H3,(H2,32,37). The Hall–Kier alpha value is -5.04. The molecule has 0 saturated heterocycles. The van der Waals surface area contributed by atoms with Crippen LogP contribution in [0.2, 0.25) is 0 Å². The number of sulfonamides is 1. The largest absolute Gasteiger partial charge is 0.476 e. The summed E-state index contributed by atoms with van der Waals surface area (Å²) in [5.41, 5.74) is 7.71. The van der Waals surface area contributed by atoms with Crippen LogP contribution in [0, 0.1) is 0 Å². The molecule has 3 aromatic carbocycles. The van der Waals surface area contributed by atoms with Gasteiger partial charge < -0.3 is 19.9 Å². The lowest BCUT2D eigenvalue weighted by molar-refractivity contribution is -0.125. The van der Waals surface area contributed by atoms with Crippen molar-refractivity contribution in [1.82, 2.24) is 15.2 Å². The second kappa shape index (κ2) is 12.7. The second-order valence-corrected chi connectivity index (χ2v) is 12.1. The van der Waals surface area contributed by atoms with Crippen molar-refractivity contribution < 1.29 is 32.2 Å². The molecule has 1 aliphatic rings. The Labute approximate surface area is 254 Å². The van der Waals surface area contributed by atoms with E-state index >= 15 is 0 Å². The number of aryl methyl sites for hydroxylation is 1. The Bertz CT molecular complexity index is 1780. The van der Waals surface area contributed by atoms with Gasteiger partial charge >= 0.3 is 0 Å². The second-order valence-electron chi connectivity index (χ2n) is 10.3. The molecule has 2 amide bonds. The molecule has 1 unspecified atom stereocenters. The minimum atomic E-state index is -4.45. The summed E-state index contributed by atoms with van der Waals surface area (Å²) in [6, 6.07) is 15.7. The van der Waals surface area contributed by atoms with E-state index in [9.17, 15) is 18.0 Å². The summed E-state index contributed by atoms with van der Waals surface area (Å²) in [6.07, 6.45) is 2.47. The Balaban J connectivity index is 1.51. The monoisotopic (exact) mass is 617 g/mol. The van der Waals surface area contributed by atoms with E-state index in [-0.39, 0.29) is 23.2 Å². The molecule has 0 bridgehead atoms. The average Bonchev–Trinajstić information content (AvgIpc) is 3.49. The number of ether oxygens (including phenoxy) is 3. The third-order valence-electron chi connectivity index (χ3n) is 6.95. The summed E-state index contributed by atoms with van der Waals surface area (Å²) in [5.74, 6) is -0.536. The number of primary amides is 1. The lowest BCUT2D eigenvalue weighted by atomic mass is 10.0. The van der Waals surface area contributed by atoms with Crippen molar-refractivity contribution in [2.45, 2.75) is 50.5 Å². The third-order valence-corrected chi connectivity index (χ3v) is 8.63. The van der Waals surface area contributed by atoms with Crippen LogP contribution in [0.25, 0.3) is 0 Å². The summed E-state index contributed by atoms with van der Waals surface area (Å²) in [5, 5.41) is 7.56. The normalized spacial score (nSPS) is 13.0. The summed E-state index contributed by atoms with van der Waals surface area (Å²) >= 11 is 0. The van der Waals surface area contributed by atoms with Gasteiger partial charge in [-0.15, -0.1) is 5.10 Å². The minimum absolute atomic E-state index is 0.0364. The smallest absolute Gasteiger partial charge is 0.274 e. The van der Waals surface area contributed by atoms with Gasteiger partial charge in [-0.1, -0.05) is 45.4 Å². The topological polar surface area (TPSA) is 164 Å². The van der Waals surface area contributed by atoms with E-state index in [1.807, 2.05) is 20.8 Å². The average molecular weight is 618 g/mol. The zero-order valence-electron chi connectivity index (χ0n) is 24.3. The number of rotatable bonds is 11. The van der Waals surface area contributed by atoms with Crippen molar-refractivity contribution in [2.75, 3.05) is 11.1 Å². The molecule has 44 heavy (non-hydrogen) atoms. The van der Waals surface area contributed by atoms with Crippen molar-refractivity contribution in [1.29, 1.82) is 0 Å². The highest BCUT2D eigenvalue weighted by molar-refractivity contribution is 7.93. The Kier molecular flexibility index (Phi) is 8.76. The SMILES string of the molecule is CCCc1cc(C(=O)N(c2nccnn2)S(=O)(=O)c2ccc(C(C)C)cc2)ccc1OC(C(N)=O)c1ccc2c(c1)OCO2. The highest BCUT2D eigenvalue weighted by atomic mass is 32.2. The molecule has 1 aliphatic heterocycles. The zero-order valence-corrected chi connectivity index (χ0v) is 25.2. The van der Waals surface area contributed by atoms with Gasteiger partial charge in [-0.25, -0.2) is 13.4 Å². The molecule has 2 heterocycles. The number of nitrogens with zero attached hydrogens (tertiary/aromatic N) is 4. The molecular formula is C31H31N5O7S. The first-order valence-electron chi connectivity index (χ1n) is 13.9. The first kappa shape index (κ1) is 30.4. The van der Waals surface area contributed by atoms with E-state index in [0.717, 1.165) is 5.56 Å². The van der Waals surface area contributed by atoms with Crippen LogP contribution < -0.4 is 24.2 Å². The Morgan fingerprint density at radius 2 is 1.70 bits per heavy atom. The van der Waals surface area contributed by atoms with Gasteiger partial charge in [0, 0.05) is 11.1 Å². The fraction of sp³-hybridized carbons (Fsp3) is 0.258. The van der Waals surface area contributed by atoms with E-state index in [2.05, 4.69) is 15.2 Å². The molecule has 0 spiro atoms. The molecule has 0 fully saturated rings. The van der Waals surface area contributed by atoms with Gasteiger partial charge in [-0.3, -0.25) is 9.59 Å². The molecule has 0 saturated carbocycles. The minimum Gasteiger partial charge on any atom is -0.476 e. The van der Waals surface area contributed by atoms with E-state index in [0.29, 0.717) is 45.5 Å². The van der Waals surface area contributed by atoms with E-state index in [1.54, 1.807) is 30.3 Å². The summed E-state index contributed by atoms with van der Waals surface area (Å²) in [4.78, 5) is 30.3. The van der Waals surface area contributed by atoms with Crippen LogP contribution in [0.1, 0.15) is 66.3 Å². The fourth-order valence-electron chi connectivity index (χ4n) is 4.67. The molecule has 0 radical (unpaired) electrons. The van der Waals surface area contributed by atoms with Gasteiger partial charge in [-0.2, -0.15) is 9.40 Å². The van der Waals surface area contributed by atoms with Gasteiger partial charge in [0.25, 0.3) is 27.8 Å². The molecule has 2 N–H and O–H groups in total. The van der Waals surface area contributed by atoms with Crippen LogP contribution in [0.3, 0.4) is 0 Å². The van der Waals surface area contributed by atoms with E-state index < -0.39 is 33.9 Å². The number of carbonyl (C=O) groups is 2. The number of anilines is 1. The lowest BCUT2D eigenvalue weighted by Crippen LogP contribution is -2.38. The highest BCUT2D eigenvalue weighted by Gasteiger charge is 2.35. The lowest BCUT2D eigenvalue weighted by Gasteiger charge is -2.22. The molecule has 5 rings (SSSR count). The molecule has 1 aromatic heterocycles. The highest BCUT2D eigenvalue weighted by Crippen LogP contribution is 2.36. The molecule has 228 valence electrons. The molecule has 1 atom stereocenters. The zero-order chi connectivity index (χ0) is 31.4. The number of fused-ring (bicyclic) bond motifs is 1. The van der Waals surface area contributed by atoms with Crippen molar-refractivity contribution >= 4 is 27.8 Å². The molecule has 4 aromatic rings. The van der Waals surface area contributed by atoms with Crippen LogP contribution in [-0.4, -0.2) is 42.2 Å². The van der Waals surface area contributed by atoms with Crippen LogP contribution in [-0.2, 0) is 21.2 Å². The van der Waals surface area contributed by atoms with Gasteiger partial charge in [0.05, 0.1) is 17.3 Å². The Morgan fingerprint density at radius 1 is 0.977 bits per heavy atom. The Morgan fingerprint density at radius 3 is 2.36 bits per heavy atom. The molecule has 13 heteroatoms. The predicted molar refractivity (Wildman–Crippen MR) is 160 cm³/mol. The van der Waals surface area contributed by atoms with Crippen molar-refractivity contribution in [3.05, 3.63) is 95.3 Å². The molecular weight excluding hydrogens is 586 g/mol. The number of hydrogen-bond donors (Lipinski definition) is 1. The van der Waals surface area contributed by atoms with E-state index in [4.69, 9.17) is 19.9 Å². The number of hydrogen-bond acceptors (Lipinski definition) is 10. The summed E-state index contributed by atoms with van der Waals surface area (Å²) in [7, 11) is -4.45. The maximum absolute atomic E-state index is 14.0. The van der Waals surface area contributed by atoms with Crippen molar-refractivity contribution in [3.8, 4) is 17.2 Å². The maximum atomic E-state index is 14.0. The number of amides is 2. The number of aromatic nitrogens is 3. The number of nitrogens with two attached hydrogens (primary N) is 1. The molecule has 12 nitrogen and oxygen atoms in total. The van der Waals surface area contributed by atoms with Crippen molar-refractivity contribution in [3.63, 3.8) is 0 Å². The summed E-state index contributed by atoms with van der Waals surface area (Å²) in [6.45, 7) is 5.98. The quantitative estimate of drug-likeness (QED) is 0.256.